The minimum Gasteiger partial charge on any atom is -0.452 e. The fourth-order valence-electron chi connectivity index (χ4n) is 2.61. The van der Waals surface area contributed by atoms with Crippen molar-refractivity contribution in [2.45, 2.75) is 13.8 Å². The Balaban J connectivity index is 2.26. The molecule has 0 saturated heterocycles. The predicted molar refractivity (Wildman–Crippen MR) is 76.3 cm³/mol. The minimum atomic E-state index is 0.779. The van der Waals surface area contributed by atoms with Crippen LogP contribution in [-0.4, -0.2) is 9.97 Å². The molecule has 0 bridgehead atoms. The molecule has 0 saturated carbocycles. The number of fused-ring (bicyclic) bond motifs is 4. The van der Waals surface area contributed by atoms with Gasteiger partial charge < -0.3 is 4.42 Å². The molecule has 0 aliphatic heterocycles. The number of aryl methyl sites for hydroxylation is 2. The highest BCUT2D eigenvalue weighted by Crippen LogP contribution is 2.31. The molecule has 0 fully saturated rings. The van der Waals surface area contributed by atoms with E-state index in [-0.39, 0.29) is 0 Å². The molecular formula is C16H12N2O. The van der Waals surface area contributed by atoms with Crippen LogP contribution in [0.3, 0.4) is 0 Å². The maximum Gasteiger partial charge on any atom is 0.175 e. The van der Waals surface area contributed by atoms with Crippen molar-refractivity contribution in [3.63, 3.8) is 0 Å². The summed E-state index contributed by atoms with van der Waals surface area (Å²) in [5, 5.41) is 3.44. The van der Waals surface area contributed by atoms with E-state index < -0.39 is 0 Å². The van der Waals surface area contributed by atoms with Crippen molar-refractivity contribution in [1.82, 2.24) is 9.97 Å². The number of nitrogens with zero attached hydrogens (tertiary/aromatic N) is 2. The molecule has 0 amide bonds. The lowest BCUT2D eigenvalue weighted by molar-refractivity contribution is 0.661. The third kappa shape index (κ3) is 1.45. The van der Waals surface area contributed by atoms with Gasteiger partial charge in [-0.05, 0) is 36.8 Å². The molecule has 0 aliphatic carbocycles. The fourth-order valence-corrected chi connectivity index (χ4v) is 2.61. The number of hydrogen-bond acceptors (Lipinski definition) is 3. The number of rotatable bonds is 0. The average Bonchev–Trinajstić information content (AvgIpc) is 2.74. The third-order valence-corrected chi connectivity index (χ3v) is 3.46. The van der Waals surface area contributed by atoms with Crippen LogP contribution in [0.4, 0.5) is 0 Å². The van der Waals surface area contributed by atoms with Crippen LogP contribution in [0, 0.1) is 13.8 Å². The molecule has 92 valence electrons. The highest BCUT2D eigenvalue weighted by molar-refractivity contribution is 6.08. The molecule has 2 heterocycles. The number of furan rings is 1. The molecule has 4 aromatic rings. The SMILES string of the molecule is Cc1nc(C)c2oc3cc4ccccc4cc3c2n1. The number of aromatic nitrogens is 2. The zero-order valence-corrected chi connectivity index (χ0v) is 10.8. The predicted octanol–water partition coefficient (Wildman–Crippen LogP) is 4.15. The quantitative estimate of drug-likeness (QED) is 0.469. The first kappa shape index (κ1) is 10.5. The van der Waals surface area contributed by atoms with Crippen LogP contribution < -0.4 is 0 Å². The van der Waals surface area contributed by atoms with Gasteiger partial charge in [-0.3, -0.25) is 0 Å². The Morgan fingerprint density at radius 2 is 1.68 bits per heavy atom. The second-order valence-corrected chi connectivity index (χ2v) is 4.83. The number of hydrogen-bond donors (Lipinski definition) is 0. The van der Waals surface area contributed by atoms with Gasteiger partial charge in [0.1, 0.15) is 16.9 Å². The molecule has 3 nitrogen and oxygen atoms in total. The van der Waals surface area contributed by atoms with Crippen molar-refractivity contribution < 1.29 is 4.42 Å². The summed E-state index contributed by atoms with van der Waals surface area (Å²) in [5.74, 6) is 0.779. The largest absolute Gasteiger partial charge is 0.452 e. The normalized spacial score (nSPS) is 11.7. The van der Waals surface area contributed by atoms with E-state index in [9.17, 15) is 0 Å². The van der Waals surface area contributed by atoms with Gasteiger partial charge in [0.05, 0.1) is 5.69 Å². The van der Waals surface area contributed by atoms with E-state index in [1.807, 2.05) is 26.0 Å². The van der Waals surface area contributed by atoms with Crippen LogP contribution in [0.2, 0.25) is 0 Å². The fraction of sp³-hybridized carbons (Fsp3) is 0.125. The van der Waals surface area contributed by atoms with Crippen LogP contribution in [0.15, 0.2) is 40.8 Å². The average molecular weight is 248 g/mol. The lowest BCUT2D eigenvalue weighted by Crippen LogP contribution is -1.90. The second-order valence-electron chi connectivity index (χ2n) is 4.83. The van der Waals surface area contributed by atoms with Crippen molar-refractivity contribution in [3.05, 3.63) is 47.9 Å². The molecule has 0 aliphatic rings. The van der Waals surface area contributed by atoms with Crippen LogP contribution >= 0.6 is 0 Å². The Bertz CT molecular complexity index is 938. The van der Waals surface area contributed by atoms with E-state index in [1.165, 1.54) is 10.8 Å². The molecule has 0 radical (unpaired) electrons. The zero-order chi connectivity index (χ0) is 13.0. The molecule has 2 aromatic carbocycles. The lowest BCUT2D eigenvalue weighted by Gasteiger charge is -1.97. The van der Waals surface area contributed by atoms with Crippen molar-refractivity contribution >= 4 is 32.8 Å². The summed E-state index contributed by atoms with van der Waals surface area (Å²) in [6, 6.07) is 12.5. The summed E-state index contributed by atoms with van der Waals surface area (Å²) >= 11 is 0. The Labute approximate surface area is 109 Å². The minimum absolute atomic E-state index is 0.779. The van der Waals surface area contributed by atoms with Crippen molar-refractivity contribution in [1.29, 1.82) is 0 Å². The molecule has 0 N–H and O–H groups in total. The third-order valence-electron chi connectivity index (χ3n) is 3.46. The van der Waals surface area contributed by atoms with Gasteiger partial charge in [0.25, 0.3) is 0 Å². The summed E-state index contributed by atoms with van der Waals surface area (Å²) in [5.41, 5.74) is 3.46. The number of benzene rings is 2. The summed E-state index contributed by atoms with van der Waals surface area (Å²) < 4.78 is 5.92. The molecule has 2 aromatic heterocycles. The molecule has 0 atom stereocenters. The van der Waals surface area contributed by atoms with Gasteiger partial charge >= 0.3 is 0 Å². The van der Waals surface area contributed by atoms with Crippen molar-refractivity contribution in [3.8, 4) is 0 Å². The first-order valence-corrected chi connectivity index (χ1v) is 6.28. The molecule has 19 heavy (non-hydrogen) atoms. The Morgan fingerprint density at radius 1 is 0.947 bits per heavy atom. The molecule has 0 spiro atoms. The van der Waals surface area contributed by atoms with Crippen LogP contribution in [-0.2, 0) is 0 Å². The zero-order valence-electron chi connectivity index (χ0n) is 10.8. The smallest absolute Gasteiger partial charge is 0.175 e. The van der Waals surface area contributed by atoms with E-state index in [0.717, 1.165) is 33.6 Å². The van der Waals surface area contributed by atoms with Gasteiger partial charge in [0, 0.05) is 5.39 Å². The van der Waals surface area contributed by atoms with Crippen LogP contribution in [0.5, 0.6) is 0 Å². The van der Waals surface area contributed by atoms with Gasteiger partial charge in [-0.25, -0.2) is 9.97 Å². The van der Waals surface area contributed by atoms with Gasteiger partial charge in [-0.15, -0.1) is 0 Å². The van der Waals surface area contributed by atoms with Crippen LogP contribution in [0.1, 0.15) is 11.5 Å². The first-order chi connectivity index (χ1) is 9.22. The first-order valence-electron chi connectivity index (χ1n) is 6.28. The standard InChI is InChI=1S/C16H12N2O/c1-9-16-15(18-10(2)17-9)13-7-11-5-3-4-6-12(11)8-14(13)19-16/h3-8H,1-2H3. The summed E-state index contributed by atoms with van der Waals surface area (Å²) in [6.45, 7) is 3.87. The maximum absolute atomic E-state index is 5.92. The van der Waals surface area contributed by atoms with Gasteiger partial charge in [-0.2, -0.15) is 0 Å². The Kier molecular flexibility index (Phi) is 1.96. The second kappa shape index (κ2) is 3.54. The lowest BCUT2D eigenvalue weighted by atomic mass is 10.1. The molecule has 4 rings (SSSR count). The summed E-state index contributed by atoms with van der Waals surface area (Å²) in [7, 11) is 0. The van der Waals surface area contributed by atoms with E-state index >= 15 is 0 Å². The van der Waals surface area contributed by atoms with E-state index in [4.69, 9.17) is 4.42 Å². The van der Waals surface area contributed by atoms with Crippen LogP contribution in [0.25, 0.3) is 32.8 Å². The highest BCUT2D eigenvalue weighted by atomic mass is 16.3. The molecule has 3 heteroatoms. The Morgan fingerprint density at radius 3 is 2.47 bits per heavy atom. The summed E-state index contributed by atoms with van der Waals surface area (Å²) in [6.07, 6.45) is 0. The van der Waals surface area contributed by atoms with Gasteiger partial charge in [-0.1, -0.05) is 24.3 Å². The van der Waals surface area contributed by atoms with Crippen molar-refractivity contribution in [2.75, 3.05) is 0 Å². The van der Waals surface area contributed by atoms with E-state index in [1.54, 1.807) is 0 Å². The molecule has 0 unspecified atom stereocenters. The van der Waals surface area contributed by atoms with Crippen molar-refractivity contribution in [2.24, 2.45) is 0 Å². The van der Waals surface area contributed by atoms with Gasteiger partial charge in [0.15, 0.2) is 5.58 Å². The monoisotopic (exact) mass is 248 g/mol. The maximum atomic E-state index is 5.92. The topological polar surface area (TPSA) is 38.9 Å². The van der Waals surface area contributed by atoms with E-state index in [2.05, 4.69) is 34.2 Å². The van der Waals surface area contributed by atoms with Gasteiger partial charge in [0.2, 0.25) is 0 Å². The molecular weight excluding hydrogens is 236 g/mol. The summed E-state index contributed by atoms with van der Waals surface area (Å²) in [4.78, 5) is 8.89. The van der Waals surface area contributed by atoms with E-state index in [0.29, 0.717) is 0 Å². The highest BCUT2D eigenvalue weighted by Gasteiger charge is 2.12. The Hall–Kier alpha value is -2.42.